The zero-order valence-corrected chi connectivity index (χ0v) is 10.1. The molecule has 5 nitrogen and oxygen atoms in total. The van der Waals surface area contributed by atoms with Crippen LogP contribution in [0.5, 0.6) is 0 Å². The third-order valence-electron chi connectivity index (χ3n) is 3.29. The summed E-state index contributed by atoms with van der Waals surface area (Å²) in [6, 6.07) is 3.63. The first-order valence-corrected chi connectivity index (χ1v) is 5.94. The molecule has 0 radical (unpaired) electrons. The van der Waals surface area contributed by atoms with Gasteiger partial charge in [-0.05, 0) is 25.0 Å². The van der Waals surface area contributed by atoms with Crippen molar-refractivity contribution in [2.75, 3.05) is 5.73 Å². The Labute approximate surface area is 105 Å². The molecule has 2 N–H and O–H groups in total. The molecule has 0 aromatic carbocycles. The smallest absolute Gasteiger partial charge is 0.153 e. The van der Waals surface area contributed by atoms with Crippen LogP contribution in [0.25, 0.3) is 11.4 Å². The number of anilines is 1. The van der Waals surface area contributed by atoms with Gasteiger partial charge >= 0.3 is 0 Å². The van der Waals surface area contributed by atoms with Crippen molar-refractivity contribution in [3.63, 3.8) is 0 Å². The van der Waals surface area contributed by atoms with Gasteiger partial charge in [-0.25, -0.2) is 0 Å². The van der Waals surface area contributed by atoms with E-state index in [4.69, 9.17) is 5.73 Å². The number of carbonyl (C=O) groups is 1. The number of pyridine rings is 1. The number of carbonyl (C=O) groups excluding carboxylic acids is 1. The molecule has 2 aromatic heterocycles. The van der Waals surface area contributed by atoms with Crippen LogP contribution in [0.4, 0.5) is 5.69 Å². The Hall–Kier alpha value is -2.17. The first-order chi connectivity index (χ1) is 8.70. The number of hydrogen-bond donors (Lipinski definition) is 1. The van der Waals surface area contributed by atoms with Crippen molar-refractivity contribution >= 4 is 12.0 Å². The molecule has 1 aliphatic carbocycles. The normalized spacial score (nSPS) is 14.7. The van der Waals surface area contributed by atoms with Crippen LogP contribution in [-0.2, 0) is 7.05 Å². The molecule has 18 heavy (non-hydrogen) atoms. The fraction of sp³-hybridized carbons (Fsp3) is 0.308. The minimum Gasteiger partial charge on any atom is -0.398 e. The number of nitrogens with zero attached hydrogens (tertiary/aromatic N) is 3. The maximum atomic E-state index is 11.1. The second kappa shape index (κ2) is 3.94. The summed E-state index contributed by atoms with van der Waals surface area (Å²) >= 11 is 0. The molecule has 0 aliphatic heterocycles. The molecule has 1 saturated carbocycles. The minimum absolute atomic E-state index is 0.390. The zero-order chi connectivity index (χ0) is 12.7. The number of hydrogen-bond acceptors (Lipinski definition) is 4. The molecule has 92 valence electrons. The summed E-state index contributed by atoms with van der Waals surface area (Å²) in [5.41, 5.74) is 9.51. The molecule has 0 saturated heterocycles. The van der Waals surface area contributed by atoms with Gasteiger partial charge in [-0.1, -0.05) is 0 Å². The standard InChI is InChI=1S/C13H14N4O/c1-17-12(4-5-15-17)11-6-10(14)9(7-18)13(16-11)8-2-3-8/h4-8H,2-3H2,1H3,(H2,14,16). The second-order valence-corrected chi connectivity index (χ2v) is 4.63. The Morgan fingerprint density at radius 2 is 2.28 bits per heavy atom. The Kier molecular flexibility index (Phi) is 2.40. The number of nitrogen functional groups attached to an aromatic ring is 1. The molecular weight excluding hydrogens is 228 g/mol. The van der Waals surface area contributed by atoms with Gasteiger partial charge in [-0.3, -0.25) is 14.5 Å². The van der Waals surface area contributed by atoms with Crippen LogP contribution in [0, 0.1) is 0 Å². The maximum Gasteiger partial charge on any atom is 0.153 e. The van der Waals surface area contributed by atoms with Crippen molar-refractivity contribution < 1.29 is 4.79 Å². The van der Waals surface area contributed by atoms with Gasteiger partial charge in [0.1, 0.15) is 0 Å². The highest BCUT2D eigenvalue weighted by atomic mass is 16.1. The number of aldehydes is 1. The fourth-order valence-electron chi connectivity index (χ4n) is 2.15. The highest BCUT2D eigenvalue weighted by Gasteiger charge is 2.29. The van der Waals surface area contributed by atoms with Crippen LogP contribution in [0.2, 0.25) is 0 Å². The molecule has 3 rings (SSSR count). The third-order valence-corrected chi connectivity index (χ3v) is 3.29. The molecule has 2 heterocycles. The number of rotatable bonds is 3. The molecule has 1 fully saturated rings. The summed E-state index contributed by atoms with van der Waals surface area (Å²) in [7, 11) is 1.86. The van der Waals surface area contributed by atoms with Gasteiger partial charge in [0.05, 0.1) is 22.6 Å². The predicted molar refractivity (Wildman–Crippen MR) is 68.2 cm³/mol. The van der Waals surface area contributed by atoms with Crippen molar-refractivity contribution in [2.24, 2.45) is 7.05 Å². The van der Waals surface area contributed by atoms with E-state index in [9.17, 15) is 4.79 Å². The third kappa shape index (κ3) is 1.68. The van der Waals surface area contributed by atoms with Gasteiger partial charge in [0, 0.05) is 24.8 Å². The van der Waals surface area contributed by atoms with Gasteiger partial charge < -0.3 is 5.73 Å². The summed E-state index contributed by atoms with van der Waals surface area (Å²) in [5.74, 6) is 0.390. The molecule has 0 bridgehead atoms. The van der Waals surface area contributed by atoms with Crippen LogP contribution < -0.4 is 5.73 Å². The van der Waals surface area contributed by atoms with Gasteiger partial charge in [0.25, 0.3) is 0 Å². The molecule has 1 aliphatic rings. The fourth-order valence-corrected chi connectivity index (χ4v) is 2.15. The summed E-state index contributed by atoms with van der Waals surface area (Å²) < 4.78 is 1.75. The summed E-state index contributed by atoms with van der Waals surface area (Å²) in [6.07, 6.45) is 4.70. The van der Waals surface area contributed by atoms with E-state index in [1.165, 1.54) is 0 Å². The van der Waals surface area contributed by atoms with E-state index in [0.29, 0.717) is 17.2 Å². The van der Waals surface area contributed by atoms with E-state index in [1.807, 2.05) is 13.1 Å². The van der Waals surface area contributed by atoms with Gasteiger partial charge in [-0.2, -0.15) is 5.10 Å². The van der Waals surface area contributed by atoms with Crippen LogP contribution in [0.3, 0.4) is 0 Å². The average Bonchev–Trinajstić information content (AvgIpc) is 3.11. The van der Waals surface area contributed by atoms with E-state index in [1.54, 1.807) is 16.9 Å². The van der Waals surface area contributed by atoms with Crippen molar-refractivity contribution in [1.82, 2.24) is 14.8 Å². The van der Waals surface area contributed by atoms with Crippen molar-refractivity contribution in [2.45, 2.75) is 18.8 Å². The quantitative estimate of drug-likeness (QED) is 0.832. The van der Waals surface area contributed by atoms with E-state index in [0.717, 1.165) is 36.2 Å². The lowest BCUT2D eigenvalue weighted by Gasteiger charge is -2.09. The van der Waals surface area contributed by atoms with E-state index in [2.05, 4.69) is 10.1 Å². The van der Waals surface area contributed by atoms with E-state index >= 15 is 0 Å². The minimum atomic E-state index is 0.390. The highest BCUT2D eigenvalue weighted by Crippen LogP contribution is 2.42. The van der Waals surface area contributed by atoms with Crippen molar-refractivity contribution in [1.29, 1.82) is 0 Å². The van der Waals surface area contributed by atoms with Crippen LogP contribution in [-0.4, -0.2) is 21.1 Å². The molecule has 0 unspecified atom stereocenters. The monoisotopic (exact) mass is 242 g/mol. The molecular formula is C13H14N4O. The Morgan fingerprint density at radius 1 is 1.50 bits per heavy atom. The zero-order valence-electron chi connectivity index (χ0n) is 10.1. The Bertz CT molecular complexity index is 613. The molecule has 0 spiro atoms. The van der Waals surface area contributed by atoms with E-state index in [-0.39, 0.29) is 0 Å². The van der Waals surface area contributed by atoms with Gasteiger partial charge in [-0.15, -0.1) is 0 Å². The summed E-state index contributed by atoms with van der Waals surface area (Å²) in [4.78, 5) is 15.7. The first kappa shape index (κ1) is 11.0. The molecule has 0 amide bonds. The maximum absolute atomic E-state index is 11.1. The summed E-state index contributed by atoms with van der Waals surface area (Å²) in [6.45, 7) is 0. The second-order valence-electron chi connectivity index (χ2n) is 4.63. The molecule has 5 heteroatoms. The lowest BCUT2D eigenvalue weighted by atomic mass is 10.1. The van der Waals surface area contributed by atoms with Crippen LogP contribution in [0.15, 0.2) is 18.3 Å². The lowest BCUT2D eigenvalue weighted by Crippen LogP contribution is -2.04. The largest absolute Gasteiger partial charge is 0.398 e. The first-order valence-electron chi connectivity index (χ1n) is 5.94. The van der Waals surface area contributed by atoms with Crippen molar-refractivity contribution in [3.05, 3.63) is 29.6 Å². The number of aryl methyl sites for hydroxylation is 1. The van der Waals surface area contributed by atoms with Crippen LogP contribution >= 0.6 is 0 Å². The average molecular weight is 242 g/mol. The van der Waals surface area contributed by atoms with Crippen molar-refractivity contribution in [3.8, 4) is 11.4 Å². The van der Waals surface area contributed by atoms with E-state index < -0.39 is 0 Å². The highest BCUT2D eigenvalue weighted by molar-refractivity contribution is 5.86. The van der Waals surface area contributed by atoms with Crippen LogP contribution in [0.1, 0.15) is 34.8 Å². The Balaban J connectivity index is 2.17. The Morgan fingerprint density at radius 3 is 2.83 bits per heavy atom. The number of nitrogens with two attached hydrogens (primary N) is 1. The topological polar surface area (TPSA) is 73.8 Å². The lowest BCUT2D eigenvalue weighted by molar-refractivity contribution is 0.112. The molecule has 0 atom stereocenters. The number of aromatic nitrogens is 3. The molecule has 2 aromatic rings. The predicted octanol–water partition coefficient (Wildman–Crippen LogP) is 1.75. The van der Waals surface area contributed by atoms with Gasteiger partial charge in [0.2, 0.25) is 0 Å². The summed E-state index contributed by atoms with van der Waals surface area (Å²) in [5, 5.41) is 4.12. The van der Waals surface area contributed by atoms with Gasteiger partial charge in [0.15, 0.2) is 6.29 Å². The SMILES string of the molecule is Cn1nccc1-c1cc(N)c(C=O)c(C2CC2)n1.